The third-order valence-electron chi connectivity index (χ3n) is 5.29. The number of aromatic nitrogens is 2. The number of anilines is 1. The Balaban J connectivity index is 2.01. The molecule has 0 aliphatic carbocycles. The molecule has 0 atom stereocenters. The molecule has 29 heavy (non-hydrogen) atoms. The molecule has 1 aliphatic heterocycles. The fourth-order valence-corrected chi connectivity index (χ4v) is 3.59. The van der Waals surface area contributed by atoms with Gasteiger partial charge in [0.2, 0.25) is 0 Å². The predicted molar refractivity (Wildman–Crippen MR) is 113 cm³/mol. The van der Waals surface area contributed by atoms with Crippen molar-refractivity contribution in [1.82, 2.24) is 9.55 Å². The third kappa shape index (κ3) is 3.15. The number of methoxy groups -OCH3 is 2. The molecule has 1 aromatic carbocycles. The summed E-state index contributed by atoms with van der Waals surface area (Å²) in [5.41, 5.74) is 2.07. The first-order valence-electron chi connectivity index (χ1n) is 9.29. The molecule has 0 radical (unpaired) electrons. The zero-order valence-corrected chi connectivity index (χ0v) is 16.6. The highest BCUT2D eigenvalue weighted by Crippen LogP contribution is 2.38. The van der Waals surface area contributed by atoms with E-state index in [9.17, 15) is 9.59 Å². The van der Waals surface area contributed by atoms with Gasteiger partial charge in [0.05, 0.1) is 25.2 Å². The van der Waals surface area contributed by atoms with Crippen molar-refractivity contribution in [1.29, 1.82) is 0 Å². The van der Waals surface area contributed by atoms with E-state index in [2.05, 4.69) is 9.88 Å². The maximum Gasteiger partial charge on any atom is 0.259 e. The van der Waals surface area contributed by atoms with E-state index in [1.807, 2.05) is 18.2 Å². The highest BCUT2D eigenvalue weighted by Gasteiger charge is 2.19. The highest BCUT2D eigenvalue weighted by atomic mass is 16.5. The Labute approximate surface area is 167 Å². The molecule has 1 fully saturated rings. The Morgan fingerprint density at radius 3 is 2.34 bits per heavy atom. The summed E-state index contributed by atoms with van der Waals surface area (Å²) in [4.78, 5) is 30.3. The van der Waals surface area contributed by atoms with Crippen molar-refractivity contribution in [3.05, 3.63) is 46.5 Å². The molecule has 0 spiro atoms. The summed E-state index contributed by atoms with van der Waals surface area (Å²) in [6.07, 6.45) is 5.87. The first kappa shape index (κ1) is 18.8. The molecule has 0 saturated carbocycles. The van der Waals surface area contributed by atoms with Crippen molar-refractivity contribution >= 4 is 28.6 Å². The molecule has 4 rings (SSSR count). The van der Waals surface area contributed by atoms with Gasteiger partial charge in [0.25, 0.3) is 5.56 Å². The summed E-state index contributed by atoms with van der Waals surface area (Å²) < 4.78 is 12.5. The van der Waals surface area contributed by atoms with Gasteiger partial charge in [-0.25, -0.2) is 9.78 Å². The molecule has 0 bridgehead atoms. The van der Waals surface area contributed by atoms with Gasteiger partial charge < -0.3 is 18.9 Å². The predicted octanol–water partition coefficient (Wildman–Crippen LogP) is 2.67. The van der Waals surface area contributed by atoms with Crippen LogP contribution < -0.4 is 19.9 Å². The number of nitrogens with zero attached hydrogens (tertiary/aromatic N) is 3. The second kappa shape index (κ2) is 7.45. The first-order valence-corrected chi connectivity index (χ1v) is 9.29. The molecule has 1 aliphatic rings. The number of rotatable bonds is 5. The Morgan fingerprint density at radius 2 is 1.79 bits per heavy atom. The third-order valence-corrected chi connectivity index (χ3v) is 5.29. The lowest BCUT2D eigenvalue weighted by Crippen LogP contribution is -2.37. The molecular formula is C22H21N3O4. The van der Waals surface area contributed by atoms with Crippen molar-refractivity contribution in [2.24, 2.45) is 7.05 Å². The van der Waals surface area contributed by atoms with Crippen LogP contribution in [0.15, 0.2) is 35.4 Å². The van der Waals surface area contributed by atoms with E-state index in [0.29, 0.717) is 22.4 Å². The zero-order valence-electron chi connectivity index (χ0n) is 16.6. The maximum absolute atomic E-state index is 12.7. The average Bonchev–Trinajstić information content (AvgIpc) is 2.69. The number of pyridine rings is 2. The number of hydrogen-bond donors (Lipinski definition) is 0. The molecule has 7 heteroatoms. The zero-order chi connectivity index (χ0) is 20.5. The second-order valence-corrected chi connectivity index (χ2v) is 6.94. The SMILES string of the molecule is COc1cc(-c2cn(C)c(=O)c3cnc(N4CCC4)cc23)cc(OC)c1C=C=O. The van der Waals surface area contributed by atoms with E-state index in [-0.39, 0.29) is 5.56 Å². The molecule has 3 heterocycles. The molecule has 2 aromatic heterocycles. The largest absolute Gasteiger partial charge is 0.496 e. The molecule has 148 valence electrons. The van der Waals surface area contributed by atoms with Crippen LogP contribution in [0.5, 0.6) is 11.5 Å². The summed E-state index contributed by atoms with van der Waals surface area (Å²) in [6, 6.07) is 5.62. The molecule has 0 N–H and O–H groups in total. The monoisotopic (exact) mass is 391 g/mol. The van der Waals surface area contributed by atoms with Gasteiger partial charge in [-0.15, -0.1) is 0 Å². The average molecular weight is 391 g/mol. The minimum Gasteiger partial charge on any atom is -0.496 e. The van der Waals surface area contributed by atoms with Crippen LogP contribution in [0.4, 0.5) is 5.82 Å². The van der Waals surface area contributed by atoms with Crippen molar-refractivity contribution in [2.75, 3.05) is 32.2 Å². The van der Waals surface area contributed by atoms with Crippen LogP contribution in [0, 0.1) is 0 Å². The van der Waals surface area contributed by atoms with Crippen molar-refractivity contribution in [3.8, 4) is 22.6 Å². The normalized spacial score (nSPS) is 13.0. The van der Waals surface area contributed by atoms with Gasteiger partial charge in [0.15, 0.2) is 0 Å². The number of fused-ring (bicyclic) bond motifs is 1. The molecule has 1 saturated heterocycles. The number of hydrogen-bond acceptors (Lipinski definition) is 6. The number of carbonyl (C=O) groups excluding carboxylic acids is 1. The van der Waals surface area contributed by atoms with E-state index >= 15 is 0 Å². The first-order chi connectivity index (χ1) is 14.1. The smallest absolute Gasteiger partial charge is 0.259 e. The van der Waals surface area contributed by atoms with Crippen LogP contribution in [0.2, 0.25) is 0 Å². The maximum atomic E-state index is 12.7. The molecule has 7 nitrogen and oxygen atoms in total. The molecule has 0 amide bonds. The fourth-order valence-electron chi connectivity index (χ4n) is 3.59. The van der Waals surface area contributed by atoms with Gasteiger partial charge in [0.1, 0.15) is 23.3 Å². The van der Waals surface area contributed by atoms with E-state index in [1.54, 1.807) is 29.9 Å². The second-order valence-electron chi connectivity index (χ2n) is 6.94. The van der Waals surface area contributed by atoms with Crippen molar-refractivity contribution in [2.45, 2.75) is 6.42 Å². The molecule has 0 unspecified atom stereocenters. The van der Waals surface area contributed by atoms with Crippen LogP contribution >= 0.6 is 0 Å². The van der Waals surface area contributed by atoms with Crippen molar-refractivity contribution in [3.63, 3.8) is 0 Å². The van der Waals surface area contributed by atoms with Gasteiger partial charge in [-0.2, -0.15) is 0 Å². The quantitative estimate of drug-likeness (QED) is 0.623. The minimum atomic E-state index is -0.106. The lowest BCUT2D eigenvalue weighted by molar-refractivity contribution is 0.393. The lowest BCUT2D eigenvalue weighted by atomic mass is 9.98. The summed E-state index contributed by atoms with van der Waals surface area (Å²) in [5, 5.41) is 1.36. The van der Waals surface area contributed by atoms with E-state index in [1.165, 1.54) is 20.3 Å². The van der Waals surface area contributed by atoms with Gasteiger partial charge in [0, 0.05) is 49.6 Å². The van der Waals surface area contributed by atoms with Crippen LogP contribution in [-0.4, -0.2) is 42.8 Å². The summed E-state index contributed by atoms with van der Waals surface area (Å²) in [6.45, 7) is 1.93. The van der Waals surface area contributed by atoms with Crippen LogP contribution in [0.3, 0.4) is 0 Å². The van der Waals surface area contributed by atoms with Crippen LogP contribution in [0.25, 0.3) is 28.0 Å². The summed E-state index contributed by atoms with van der Waals surface area (Å²) in [7, 11) is 4.78. The topological polar surface area (TPSA) is 73.7 Å². The molecule has 3 aromatic rings. The van der Waals surface area contributed by atoms with Crippen molar-refractivity contribution < 1.29 is 14.3 Å². The van der Waals surface area contributed by atoms with Crippen LogP contribution in [0.1, 0.15) is 12.0 Å². The van der Waals surface area contributed by atoms with Crippen LogP contribution in [-0.2, 0) is 11.8 Å². The summed E-state index contributed by atoms with van der Waals surface area (Å²) >= 11 is 0. The Bertz CT molecular complexity index is 1180. The van der Waals surface area contributed by atoms with E-state index in [0.717, 1.165) is 41.8 Å². The number of benzene rings is 1. The fraction of sp³-hybridized carbons (Fsp3) is 0.273. The minimum absolute atomic E-state index is 0.106. The number of aryl methyl sites for hydroxylation is 1. The number of ether oxygens (including phenoxy) is 2. The Kier molecular flexibility index (Phi) is 4.82. The van der Waals surface area contributed by atoms with Gasteiger partial charge >= 0.3 is 0 Å². The molecular weight excluding hydrogens is 370 g/mol. The Morgan fingerprint density at radius 1 is 1.10 bits per heavy atom. The summed E-state index contributed by atoms with van der Waals surface area (Å²) in [5.74, 6) is 3.61. The van der Waals surface area contributed by atoms with Gasteiger partial charge in [-0.3, -0.25) is 4.79 Å². The van der Waals surface area contributed by atoms with E-state index < -0.39 is 0 Å². The lowest BCUT2D eigenvalue weighted by Gasteiger charge is -2.32. The Hall–Kier alpha value is -3.57. The van der Waals surface area contributed by atoms with E-state index in [4.69, 9.17) is 9.47 Å². The highest BCUT2D eigenvalue weighted by molar-refractivity contribution is 5.98. The van der Waals surface area contributed by atoms with Gasteiger partial charge in [-0.05, 0) is 30.2 Å². The standard InChI is InChI=1S/C22H21N3O4/c1-24-13-18(14-9-19(28-2)15(5-8-26)20(10-14)29-3)16-11-21(25-6-4-7-25)23-12-17(16)22(24)27/h5,9-13H,4,6-7H2,1-3H3. The van der Waals surface area contributed by atoms with Gasteiger partial charge in [-0.1, -0.05) is 0 Å².